The van der Waals surface area contributed by atoms with E-state index >= 15 is 0 Å². The molecule has 0 spiro atoms. The van der Waals surface area contributed by atoms with Crippen molar-refractivity contribution in [3.63, 3.8) is 0 Å². The monoisotopic (exact) mass is 522 g/mol. The quantitative estimate of drug-likeness (QED) is 0.498. The molecular weight excluding hydrogens is 496 g/mol. The first-order valence-electron chi connectivity index (χ1n) is 11.8. The molecule has 3 aromatic carbocycles. The third-order valence-corrected chi connectivity index (χ3v) is 7.34. The number of halogens is 1. The van der Waals surface area contributed by atoms with E-state index in [0.29, 0.717) is 57.8 Å². The first-order valence-corrected chi connectivity index (χ1v) is 12.2. The third-order valence-electron chi connectivity index (χ3n) is 7.04. The van der Waals surface area contributed by atoms with Crippen LogP contribution in [-0.4, -0.2) is 51.7 Å². The average molecular weight is 523 g/mol. The van der Waals surface area contributed by atoms with E-state index in [1.165, 1.54) is 28.4 Å². The van der Waals surface area contributed by atoms with E-state index in [4.69, 9.17) is 30.5 Å². The Morgan fingerprint density at radius 2 is 1.57 bits per heavy atom. The van der Waals surface area contributed by atoms with Crippen LogP contribution in [0.15, 0.2) is 48.5 Å². The van der Waals surface area contributed by atoms with Crippen molar-refractivity contribution >= 4 is 29.1 Å². The van der Waals surface area contributed by atoms with Gasteiger partial charge in [0.25, 0.3) is 5.91 Å². The van der Waals surface area contributed by atoms with Gasteiger partial charge in [0.05, 0.1) is 51.1 Å². The third kappa shape index (κ3) is 4.11. The summed E-state index contributed by atoms with van der Waals surface area (Å²) in [4.78, 5) is 29.6. The summed E-state index contributed by atoms with van der Waals surface area (Å²) in [5, 5.41) is 3.32. The highest BCUT2D eigenvalue weighted by Crippen LogP contribution is 2.49. The van der Waals surface area contributed by atoms with Gasteiger partial charge in [0, 0.05) is 18.2 Å². The summed E-state index contributed by atoms with van der Waals surface area (Å²) >= 11 is 6.36. The zero-order valence-electron chi connectivity index (χ0n) is 21.0. The van der Waals surface area contributed by atoms with Crippen LogP contribution in [0.25, 0.3) is 0 Å². The van der Waals surface area contributed by atoms with Gasteiger partial charge in [0.15, 0.2) is 11.5 Å². The number of hydrogen-bond acceptors (Lipinski definition) is 6. The zero-order chi connectivity index (χ0) is 26.3. The molecule has 2 heterocycles. The molecule has 3 aromatic rings. The molecule has 0 bridgehead atoms. The predicted octanol–water partition coefficient (Wildman–Crippen LogP) is 4.85. The Bertz CT molecular complexity index is 1390. The van der Waals surface area contributed by atoms with E-state index in [1.807, 2.05) is 24.3 Å². The molecule has 0 unspecified atom stereocenters. The standard InChI is InChI=1S/C28H27ClN2O6/c1-34-21-14-22(35-2)20(13-19(21)29)30-27(32)25-17-11-23(36-3)24(37-4)12-18(17)28(33)31-10-9-15-7-5-6-8-16(15)26(25)31/h5-8,11-14,25-26H,9-10H2,1-4H3,(H,30,32)/t25-,26-/m0/s1. The van der Waals surface area contributed by atoms with Crippen LogP contribution >= 0.6 is 11.6 Å². The molecule has 2 aliphatic rings. The molecule has 0 aliphatic carbocycles. The van der Waals surface area contributed by atoms with Crippen LogP contribution in [0, 0.1) is 0 Å². The van der Waals surface area contributed by atoms with Gasteiger partial charge >= 0.3 is 0 Å². The Morgan fingerprint density at radius 1 is 0.892 bits per heavy atom. The lowest BCUT2D eigenvalue weighted by Gasteiger charge is -2.45. The SMILES string of the molecule is COc1cc(OC)c(NC(=O)[C@H]2c3cc(OC)c(OC)cc3C(=O)N3CCc4ccccc4[C@@H]23)cc1Cl. The summed E-state index contributed by atoms with van der Waals surface area (Å²) in [6, 6.07) is 14.0. The minimum Gasteiger partial charge on any atom is -0.495 e. The highest BCUT2D eigenvalue weighted by Gasteiger charge is 2.47. The van der Waals surface area contributed by atoms with Gasteiger partial charge in [-0.25, -0.2) is 0 Å². The minimum absolute atomic E-state index is 0.149. The van der Waals surface area contributed by atoms with E-state index < -0.39 is 12.0 Å². The van der Waals surface area contributed by atoms with Gasteiger partial charge in [-0.1, -0.05) is 35.9 Å². The molecule has 37 heavy (non-hydrogen) atoms. The number of carbonyl (C=O) groups is 2. The highest BCUT2D eigenvalue weighted by atomic mass is 35.5. The molecule has 192 valence electrons. The largest absolute Gasteiger partial charge is 0.495 e. The highest BCUT2D eigenvalue weighted by molar-refractivity contribution is 6.32. The van der Waals surface area contributed by atoms with Gasteiger partial charge in [-0.3, -0.25) is 9.59 Å². The van der Waals surface area contributed by atoms with Crippen molar-refractivity contribution < 1.29 is 28.5 Å². The Kier molecular flexibility index (Phi) is 6.60. The summed E-state index contributed by atoms with van der Waals surface area (Å²) in [5.41, 5.74) is 3.43. The van der Waals surface area contributed by atoms with Crippen LogP contribution in [0.4, 0.5) is 5.69 Å². The summed E-state index contributed by atoms with van der Waals surface area (Å²) in [6.07, 6.45) is 0.706. The normalized spacial score (nSPS) is 17.8. The second-order valence-corrected chi connectivity index (χ2v) is 9.25. The molecular formula is C28H27ClN2O6. The number of rotatable bonds is 6. The molecule has 8 nitrogen and oxygen atoms in total. The Hall–Kier alpha value is -3.91. The maximum absolute atomic E-state index is 14.1. The molecule has 0 radical (unpaired) electrons. The fraction of sp³-hybridized carbons (Fsp3) is 0.286. The van der Waals surface area contributed by atoms with E-state index in [0.717, 1.165) is 11.1 Å². The van der Waals surface area contributed by atoms with E-state index in [9.17, 15) is 9.59 Å². The van der Waals surface area contributed by atoms with E-state index in [1.54, 1.807) is 29.2 Å². The van der Waals surface area contributed by atoms with Crippen molar-refractivity contribution in [2.75, 3.05) is 40.3 Å². The number of hydrogen-bond donors (Lipinski definition) is 1. The topological polar surface area (TPSA) is 86.3 Å². The molecule has 0 fully saturated rings. The zero-order valence-corrected chi connectivity index (χ0v) is 21.7. The summed E-state index contributed by atoms with van der Waals surface area (Å²) in [5.74, 6) is 0.489. The minimum atomic E-state index is -0.737. The number of anilines is 1. The van der Waals surface area contributed by atoms with Crippen molar-refractivity contribution in [1.82, 2.24) is 4.90 Å². The second-order valence-electron chi connectivity index (χ2n) is 8.84. The number of fused-ring (bicyclic) bond motifs is 4. The van der Waals surface area contributed by atoms with Crippen molar-refractivity contribution in [2.24, 2.45) is 0 Å². The molecule has 0 saturated heterocycles. The fourth-order valence-corrected chi connectivity index (χ4v) is 5.54. The Labute approximate surface area is 220 Å². The van der Waals surface area contributed by atoms with Gasteiger partial charge < -0.3 is 29.2 Å². The number of nitrogens with zero attached hydrogens (tertiary/aromatic N) is 1. The Morgan fingerprint density at radius 3 is 2.27 bits per heavy atom. The van der Waals surface area contributed by atoms with Gasteiger partial charge in [-0.05, 0) is 41.3 Å². The molecule has 2 aliphatic heterocycles. The van der Waals surface area contributed by atoms with Crippen LogP contribution < -0.4 is 24.3 Å². The summed E-state index contributed by atoms with van der Waals surface area (Å²) in [7, 11) is 6.05. The van der Waals surface area contributed by atoms with E-state index in [2.05, 4.69) is 5.32 Å². The molecule has 1 N–H and O–H groups in total. The molecule has 0 aromatic heterocycles. The first-order chi connectivity index (χ1) is 17.9. The van der Waals surface area contributed by atoms with Crippen LogP contribution in [0.1, 0.15) is 39.0 Å². The molecule has 5 rings (SSSR count). The van der Waals surface area contributed by atoms with Crippen molar-refractivity contribution in [2.45, 2.75) is 18.4 Å². The van der Waals surface area contributed by atoms with Gasteiger partial charge in [-0.15, -0.1) is 0 Å². The molecule has 9 heteroatoms. The molecule has 2 atom stereocenters. The first kappa shape index (κ1) is 24.8. The van der Waals surface area contributed by atoms with Gasteiger partial charge in [0.2, 0.25) is 5.91 Å². The van der Waals surface area contributed by atoms with Crippen molar-refractivity contribution in [1.29, 1.82) is 0 Å². The number of carbonyl (C=O) groups excluding carboxylic acids is 2. The number of benzene rings is 3. The van der Waals surface area contributed by atoms with Crippen molar-refractivity contribution in [3.05, 3.63) is 75.8 Å². The maximum Gasteiger partial charge on any atom is 0.254 e. The van der Waals surface area contributed by atoms with Gasteiger partial charge in [0.1, 0.15) is 11.5 Å². The lowest BCUT2D eigenvalue weighted by molar-refractivity contribution is -0.119. The smallest absolute Gasteiger partial charge is 0.254 e. The van der Waals surface area contributed by atoms with Crippen LogP contribution in [0.2, 0.25) is 5.02 Å². The lowest BCUT2D eigenvalue weighted by Crippen LogP contribution is -2.49. The number of nitrogens with one attached hydrogen (secondary N) is 1. The lowest BCUT2D eigenvalue weighted by atomic mass is 9.75. The number of ether oxygens (including phenoxy) is 4. The van der Waals surface area contributed by atoms with Gasteiger partial charge in [-0.2, -0.15) is 0 Å². The average Bonchev–Trinajstić information content (AvgIpc) is 2.92. The summed E-state index contributed by atoms with van der Waals surface area (Å²) in [6.45, 7) is 0.496. The summed E-state index contributed by atoms with van der Waals surface area (Å²) < 4.78 is 21.8. The predicted molar refractivity (Wildman–Crippen MR) is 139 cm³/mol. The Balaban J connectivity index is 1.67. The fourth-order valence-electron chi connectivity index (χ4n) is 5.30. The number of methoxy groups -OCH3 is 4. The maximum atomic E-state index is 14.1. The van der Waals surface area contributed by atoms with Crippen LogP contribution in [0.5, 0.6) is 23.0 Å². The molecule has 2 amide bonds. The molecule has 0 saturated carbocycles. The number of amides is 2. The van der Waals surface area contributed by atoms with Crippen LogP contribution in [-0.2, 0) is 11.2 Å². The second kappa shape index (κ2) is 9.86. The van der Waals surface area contributed by atoms with Crippen molar-refractivity contribution in [3.8, 4) is 23.0 Å². The van der Waals surface area contributed by atoms with Crippen LogP contribution in [0.3, 0.4) is 0 Å². The van der Waals surface area contributed by atoms with E-state index in [-0.39, 0.29) is 11.8 Å².